The summed E-state index contributed by atoms with van der Waals surface area (Å²) in [5.74, 6) is -2.23. The smallest absolute Gasteiger partial charge is 0.398 e. The number of rotatable bonds is 10. The van der Waals surface area contributed by atoms with Crippen LogP contribution in [0.25, 0.3) is 16.8 Å². The normalized spacial score (nSPS) is 20.4. The van der Waals surface area contributed by atoms with Crippen LogP contribution in [0.3, 0.4) is 0 Å². The van der Waals surface area contributed by atoms with Gasteiger partial charge in [-0.1, -0.05) is 30.5 Å². The number of hydrogen-bond acceptors (Lipinski definition) is 6. The number of hydrogen-bond donors (Lipinski definition) is 2. The largest absolute Gasteiger partial charge is 0.435 e. The van der Waals surface area contributed by atoms with Gasteiger partial charge in [0.1, 0.15) is 29.6 Å². The van der Waals surface area contributed by atoms with Crippen molar-refractivity contribution in [3.05, 3.63) is 116 Å². The van der Waals surface area contributed by atoms with Crippen LogP contribution in [0.4, 0.5) is 49.6 Å². The third-order valence-corrected chi connectivity index (χ3v) is 13.3. The van der Waals surface area contributed by atoms with Gasteiger partial charge in [-0.3, -0.25) is 4.68 Å². The van der Waals surface area contributed by atoms with E-state index in [1.807, 2.05) is 20.1 Å². The van der Waals surface area contributed by atoms with Gasteiger partial charge in [0.2, 0.25) is 0 Å². The molecule has 2 aromatic carbocycles. The number of nitrogens with one attached hydrogen (secondary N) is 1. The maximum Gasteiger partial charge on any atom is 0.435 e. The van der Waals surface area contributed by atoms with Crippen LogP contribution in [0, 0.1) is 35.3 Å². The summed E-state index contributed by atoms with van der Waals surface area (Å²) in [5, 5.41) is 7.14. The minimum Gasteiger partial charge on any atom is -0.398 e. The van der Waals surface area contributed by atoms with Crippen LogP contribution in [0.1, 0.15) is 85.0 Å². The number of nitrogens with two attached hydrogens (primary N) is 1. The van der Waals surface area contributed by atoms with Gasteiger partial charge in [-0.15, -0.1) is 11.8 Å². The molecule has 4 unspecified atom stereocenters. The maximum absolute atomic E-state index is 16.0. The van der Waals surface area contributed by atoms with Crippen LogP contribution >= 0.6 is 23.4 Å². The number of alkyl halides is 8. The summed E-state index contributed by atoms with van der Waals surface area (Å²) in [6, 6.07) is 7.82. The molecule has 1 aliphatic heterocycles. The third-order valence-electron chi connectivity index (χ3n) is 11.8. The Balaban J connectivity index is 1.32. The molecular weight excluding hydrogens is 870 g/mol. The fourth-order valence-electron chi connectivity index (χ4n) is 8.70. The minimum atomic E-state index is -5.02. The van der Waals surface area contributed by atoms with E-state index in [9.17, 15) is 35.1 Å². The van der Waals surface area contributed by atoms with Crippen LogP contribution < -0.4 is 16.0 Å². The van der Waals surface area contributed by atoms with Gasteiger partial charge >= 0.3 is 12.4 Å². The van der Waals surface area contributed by atoms with Gasteiger partial charge in [-0.2, -0.15) is 40.2 Å². The molecule has 3 aliphatic carbocycles. The van der Waals surface area contributed by atoms with Gasteiger partial charge in [0.25, 0.3) is 5.92 Å². The topological polar surface area (TPSA) is 72.0 Å². The molecule has 2 saturated carbocycles. The zero-order valence-corrected chi connectivity index (χ0v) is 35.2. The van der Waals surface area contributed by atoms with E-state index >= 15 is 8.78 Å². The van der Waals surface area contributed by atoms with E-state index in [2.05, 4.69) is 22.3 Å². The molecule has 18 heteroatoms. The fourth-order valence-corrected chi connectivity index (χ4v) is 9.12. The second kappa shape index (κ2) is 15.5. The summed E-state index contributed by atoms with van der Waals surface area (Å²) in [6.45, 7) is 3.09. The molecule has 0 radical (unpaired) electrons. The third kappa shape index (κ3) is 8.36. The zero-order chi connectivity index (χ0) is 44.8. The number of thioether (sulfide) groups is 1. The Morgan fingerprint density at radius 2 is 1.71 bits per heavy atom. The lowest BCUT2D eigenvalue weighted by atomic mass is 9.90. The van der Waals surface area contributed by atoms with Crippen LogP contribution in [-0.2, 0) is 25.1 Å². The maximum atomic E-state index is 16.0. The predicted octanol–water partition coefficient (Wildman–Crippen LogP) is 11.1. The van der Waals surface area contributed by atoms with Crippen molar-refractivity contribution in [2.75, 3.05) is 24.2 Å². The average Bonchev–Trinajstić information content (AvgIpc) is 4.07. The summed E-state index contributed by atoms with van der Waals surface area (Å²) in [4.78, 5) is 6.00. The molecule has 4 aromatic rings. The van der Waals surface area contributed by atoms with Crippen LogP contribution in [-0.4, -0.2) is 45.0 Å². The summed E-state index contributed by atoms with van der Waals surface area (Å²) < 4.78 is 148. The number of fused-ring (bicyclic) bond motifs is 4. The number of pyridine rings is 1. The molecule has 3 N–H and O–H groups in total. The van der Waals surface area contributed by atoms with E-state index < -0.39 is 88.5 Å². The molecule has 4 atom stereocenters. The van der Waals surface area contributed by atoms with E-state index in [0.29, 0.717) is 29.2 Å². The Kier molecular flexibility index (Phi) is 10.9. The zero-order valence-electron chi connectivity index (χ0n) is 33.6. The highest BCUT2D eigenvalue weighted by Gasteiger charge is 2.72. The Bertz CT molecular complexity index is 2580. The number of halogens is 11. The second-order valence-corrected chi connectivity index (χ2v) is 18.5. The molecular formula is C44H39ClF10N6S. The van der Waals surface area contributed by atoms with Gasteiger partial charge in [0.15, 0.2) is 5.69 Å². The lowest BCUT2D eigenvalue weighted by Crippen LogP contribution is -2.37. The molecule has 2 aromatic heterocycles. The van der Waals surface area contributed by atoms with E-state index in [1.54, 1.807) is 12.1 Å². The van der Waals surface area contributed by atoms with Crippen LogP contribution in [0.5, 0.6) is 0 Å². The summed E-state index contributed by atoms with van der Waals surface area (Å²) in [5.41, 5.74) is 5.76. The van der Waals surface area contributed by atoms with Crippen molar-refractivity contribution in [3.8, 4) is 23.0 Å². The molecule has 8 rings (SSSR count). The predicted molar refractivity (Wildman–Crippen MR) is 218 cm³/mol. The highest BCUT2D eigenvalue weighted by atomic mass is 35.5. The van der Waals surface area contributed by atoms with E-state index in [-0.39, 0.29) is 68.7 Å². The number of benzene rings is 2. The van der Waals surface area contributed by atoms with Crippen molar-refractivity contribution in [1.29, 1.82) is 0 Å². The SMILES string of the molecule is CSC(C)(C)C#Cc1ccc(-c2ccc(Cl)c3c2N(CC(F)(F)F)CC=C3N)c(C(Cc2cc(F)cc(F)c2)NC(Cn2nc(C(F)(F)F)c3c2C(F)(F)C2C(C)C32)=C2CC2)n1. The molecule has 0 amide bonds. The van der Waals surface area contributed by atoms with E-state index in [4.69, 9.17) is 22.3 Å². The molecule has 0 spiro atoms. The molecule has 0 saturated heterocycles. The molecule has 4 aliphatic rings. The second-order valence-electron chi connectivity index (χ2n) is 16.6. The number of nitrogens with zero attached hydrogens (tertiary/aromatic N) is 4. The standard InChI is InChI=1S/C44H39ClF10N6S/c1-21-33-35-39(44(53,54)55)59-61(40(35)43(51,52)36(21)33)19-32(23-5-6-23)58-31(17-22-15-24(46)18-25(47)16-22)37-27(8-7-26(57-37)11-13-41(2,3)62-4)28-9-10-29(45)34-30(56)12-14-60(38(28)34)20-42(48,49)50/h7-10,12,15-16,18,21,31,33,36,58H,5-6,14,17,19-20,56H2,1-4H3. The summed E-state index contributed by atoms with van der Waals surface area (Å²) in [6.07, 6.45) is -5.74. The quantitative estimate of drug-likeness (QED) is 0.122. The summed E-state index contributed by atoms with van der Waals surface area (Å²) >= 11 is 8.07. The molecule has 2 fully saturated rings. The Morgan fingerprint density at radius 1 is 1.03 bits per heavy atom. The highest BCUT2D eigenvalue weighted by molar-refractivity contribution is 8.00. The Morgan fingerprint density at radius 3 is 2.34 bits per heavy atom. The lowest BCUT2D eigenvalue weighted by Gasteiger charge is -2.34. The molecule has 0 bridgehead atoms. The van der Waals surface area contributed by atoms with Crippen LogP contribution in [0.15, 0.2) is 59.8 Å². The minimum absolute atomic E-state index is 0.0401. The van der Waals surface area contributed by atoms with Crippen molar-refractivity contribution >= 4 is 34.7 Å². The van der Waals surface area contributed by atoms with Crippen molar-refractivity contribution in [1.82, 2.24) is 20.1 Å². The Hall–Kier alpha value is -4.82. The van der Waals surface area contributed by atoms with Gasteiger partial charge in [-0.25, -0.2) is 13.8 Å². The van der Waals surface area contributed by atoms with Gasteiger partial charge in [-0.05, 0) is 98.7 Å². The first-order valence-corrected chi connectivity index (χ1v) is 21.3. The van der Waals surface area contributed by atoms with Crippen molar-refractivity contribution in [2.24, 2.45) is 17.6 Å². The van der Waals surface area contributed by atoms with E-state index in [1.165, 1.54) is 36.9 Å². The fraction of sp³-hybridized carbons (Fsp3) is 0.409. The van der Waals surface area contributed by atoms with Crippen molar-refractivity contribution < 1.29 is 43.9 Å². The first-order valence-electron chi connectivity index (χ1n) is 19.7. The monoisotopic (exact) mass is 908 g/mol. The molecule has 6 nitrogen and oxygen atoms in total. The van der Waals surface area contributed by atoms with Crippen molar-refractivity contribution in [2.45, 2.75) is 81.6 Å². The molecule has 62 heavy (non-hydrogen) atoms. The van der Waals surface area contributed by atoms with E-state index in [0.717, 1.165) is 17.0 Å². The van der Waals surface area contributed by atoms with Crippen LogP contribution in [0.2, 0.25) is 5.02 Å². The number of aromatic nitrogens is 3. The first-order chi connectivity index (χ1) is 29.0. The van der Waals surface area contributed by atoms with Gasteiger partial charge in [0.05, 0.1) is 33.7 Å². The number of anilines is 1. The lowest BCUT2D eigenvalue weighted by molar-refractivity contribution is -0.142. The van der Waals surface area contributed by atoms with Crippen molar-refractivity contribution in [3.63, 3.8) is 0 Å². The molecule has 3 heterocycles. The number of allylic oxidation sites excluding steroid dienone is 2. The average molecular weight is 909 g/mol. The summed E-state index contributed by atoms with van der Waals surface area (Å²) in [7, 11) is 0. The van der Waals surface area contributed by atoms with Gasteiger partial charge in [0, 0.05) is 58.1 Å². The highest BCUT2D eigenvalue weighted by Crippen LogP contribution is 2.72. The van der Waals surface area contributed by atoms with Gasteiger partial charge < -0.3 is 16.0 Å². The Labute approximate surface area is 360 Å². The molecule has 328 valence electrons. The first kappa shape index (κ1) is 43.8.